The maximum absolute atomic E-state index is 5.66. The molecule has 1 atom stereocenters. The van der Waals surface area contributed by atoms with E-state index >= 15 is 0 Å². The topological polar surface area (TPSA) is 94.0 Å². The lowest BCUT2D eigenvalue weighted by Crippen LogP contribution is -2.24. The first-order valence-corrected chi connectivity index (χ1v) is 9.79. The summed E-state index contributed by atoms with van der Waals surface area (Å²) in [6, 6.07) is 10.0. The van der Waals surface area contributed by atoms with Crippen LogP contribution in [-0.4, -0.2) is 26.7 Å². The van der Waals surface area contributed by atoms with Crippen molar-refractivity contribution in [1.29, 1.82) is 0 Å². The molecule has 4 aromatic rings. The molecule has 0 amide bonds. The van der Waals surface area contributed by atoms with Gasteiger partial charge in [-0.05, 0) is 29.9 Å². The van der Waals surface area contributed by atoms with E-state index in [4.69, 9.17) is 10.3 Å². The lowest BCUT2D eigenvalue weighted by atomic mass is 10.1. The minimum absolute atomic E-state index is 0. The van der Waals surface area contributed by atoms with Crippen LogP contribution in [0.1, 0.15) is 30.3 Å². The molecule has 1 aliphatic heterocycles. The summed E-state index contributed by atoms with van der Waals surface area (Å²) in [6.07, 6.45) is 3.65. The van der Waals surface area contributed by atoms with Crippen molar-refractivity contribution in [3.63, 3.8) is 0 Å². The normalized spacial score (nSPS) is 16.5. The number of benzene rings is 1. The van der Waals surface area contributed by atoms with Crippen molar-refractivity contribution in [3.8, 4) is 11.4 Å². The number of halogens is 1. The summed E-state index contributed by atoms with van der Waals surface area (Å²) in [5.74, 6) is 2.17. The van der Waals surface area contributed by atoms with Crippen LogP contribution in [0.5, 0.6) is 0 Å². The zero-order chi connectivity index (χ0) is 18.2. The number of hydrogen-bond acceptors (Lipinski definition) is 8. The van der Waals surface area contributed by atoms with Crippen molar-refractivity contribution >= 4 is 39.8 Å². The number of thiophene rings is 1. The summed E-state index contributed by atoms with van der Waals surface area (Å²) in [5, 5.41) is 7.31. The van der Waals surface area contributed by atoms with Gasteiger partial charge in [-0.2, -0.15) is 4.98 Å². The summed E-state index contributed by atoms with van der Waals surface area (Å²) < 4.78 is 5.64. The average molecular weight is 415 g/mol. The lowest BCUT2D eigenvalue weighted by Gasteiger charge is -2.23. The first-order valence-electron chi connectivity index (χ1n) is 8.91. The van der Waals surface area contributed by atoms with Crippen LogP contribution in [0.2, 0.25) is 0 Å². The van der Waals surface area contributed by atoms with Crippen molar-refractivity contribution in [1.82, 2.24) is 20.1 Å². The Morgan fingerprint density at radius 3 is 2.86 bits per heavy atom. The van der Waals surface area contributed by atoms with E-state index in [9.17, 15) is 0 Å². The van der Waals surface area contributed by atoms with Crippen LogP contribution >= 0.6 is 23.7 Å². The van der Waals surface area contributed by atoms with E-state index in [2.05, 4.69) is 31.1 Å². The van der Waals surface area contributed by atoms with Gasteiger partial charge in [-0.3, -0.25) is 0 Å². The molecule has 1 fully saturated rings. The highest BCUT2D eigenvalue weighted by Gasteiger charge is 2.33. The van der Waals surface area contributed by atoms with E-state index in [1.165, 1.54) is 0 Å². The summed E-state index contributed by atoms with van der Waals surface area (Å²) in [6.45, 7) is 1.43. The average Bonchev–Trinajstić information content (AvgIpc) is 3.47. The predicted molar refractivity (Wildman–Crippen MR) is 112 cm³/mol. The second-order valence-corrected chi connectivity index (χ2v) is 7.44. The van der Waals surface area contributed by atoms with Crippen LogP contribution in [0, 0.1) is 0 Å². The van der Waals surface area contributed by atoms with Gasteiger partial charge in [0.2, 0.25) is 11.7 Å². The number of fused-ring (bicyclic) bond motifs is 1. The summed E-state index contributed by atoms with van der Waals surface area (Å²) in [5.41, 5.74) is 7.66. The molecular formula is C19H19ClN6OS. The van der Waals surface area contributed by atoms with Crippen LogP contribution in [-0.2, 0) is 6.54 Å². The van der Waals surface area contributed by atoms with E-state index in [1.807, 2.05) is 29.6 Å². The molecule has 1 unspecified atom stereocenters. The zero-order valence-corrected chi connectivity index (χ0v) is 16.6. The van der Waals surface area contributed by atoms with Gasteiger partial charge in [-0.15, -0.1) is 23.7 Å². The van der Waals surface area contributed by atoms with Gasteiger partial charge >= 0.3 is 0 Å². The molecular weight excluding hydrogens is 396 g/mol. The Bertz CT molecular complexity index is 1080. The van der Waals surface area contributed by atoms with Gasteiger partial charge in [0.05, 0.1) is 5.39 Å². The highest BCUT2D eigenvalue weighted by atomic mass is 35.5. The van der Waals surface area contributed by atoms with Crippen LogP contribution < -0.4 is 10.6 Å². The minimum Gasteiger partial charge on any atom is -0.344 e. The van der Waals surface area contributed by atoms with Gasteiger partial charge in [-0.1, -0.05) is 29.4 Å². The molecule has 1 aromatic carbocycles. The van der Waals surface area contributed by atoms with E-state index in [0.717, 1.165) is 46.5 Å². The molecule has 0 spiro atoms. The Kier molecular flexibility index (Phi) is 5.25. The van der Waals surface area contributed by atoms with Gasteiger partial charge in [0, 0.05) is 18.7 Å². The van der Waals surface area contributed by atoms with Crippen LogP contribution in [0.15, 0.2) is 46.6 Å². The quantitative estimate of drug-likeness (QED) is 0.540. The third kappa shape index (κ3) is 3.23. The molecule has 0 bridgehead atoms. The Morgan fingerprint density at radius 1 is 1.18 bits per heavy atom. The van der Waals surface area contributed by atoms with Gasteiger partial charge in [-0.25, -0.2) is 9.97 Å². The molecule has 2 N–H and O–H groups in total. The first-order chi connectivity index (χ1) is 13.3. The third-order valence-electron chi connectivity index (χ3n) is 4.94. The van der Waals surface area contributed by atoms with Crippen molar-refractivity contribution < 1.29 is 4.52 Å². The summed E-state index contributed by atoms with van der Waals surface area (Å²) in [4.78, 5) is 16.8. The third-order valence-corrected chi connectivity index (χ3v) is 5.76. The Hall–Kier alpha value is -2.55. The molecule has 0 saturated carbocycles. The standard InChI is InChI=1S/C19H18N6OS.ClH/c20-10-12-3-5-13(6-4-12)16-23-18(26-24-16)15-2-1-8-25(15)17-14-7-9-27-19(14)22-11-21-17;/h3-7,9,11,15H,1-2,8,10,20H2;1H. The molecule has 3 aromatic heterocycles. The Labute approximate surface area is 172 Å². The van der Waals surface area contributed by atoms with E-state index in [0.29, 0.717) is 18.3 Å². The maximum atomic E-state index is 5.66. The Morgan fingerprint density at radius 2 is 2.04 bits per heavy atom. The zero-order valence-electron chi connectivity index (χ0n) is 15.0. The number of nitrogens with zero attached hydrogens (tertiary/aromatic N) is 5. The highest BCUT2D eigenvalue weighted by Crippen LogP contribution is 2.38. The van der Waals surface area contributed by atoms with Crippen LogP contribution in [0.4, 0.5) is 5.82 Å². The fourth-order valence-corrected chi connectivity index (χ4v) is 4.29. The SMILES string of the molecule is Cl.NCc1ccc(-c2noc(C3CCCN3c3ncnc4sccc34)n2)cc1. The van der Waals surface area contributed by atoms with E-state index in [1.54, 1.807) is 17.7 Å². The Balaban J connectivity index is 0.00000192. The largest absolute Gasteiger partial charge is 0.344 e. The van der Waals surface area contributed by atoms with Crippen molar-refractivity contribution in [3.05, 3.63) is 53.5 Å². The molecule has 0 radical (unpaired) electrons. The smallest absolute Gasteiger partial charge is 0.249 e. The number of anilines is 1. The minimum atomic E-state index is 0. The van der Waals surface area contributed by atoms with Gasteiger partial charge in [0.15, 0.2) is 0 Å². The van der Waals surface area contributed by atoms with Crippen molar-refractivity contribution in [2.45, 2.75) is 25.4 Å². The number of hydrogen-bond donors (Lipinski definition) is 1. The lowest BCUT2D eigenvalue weighted by molar-refractivity contribution is 0.355. The monoisotopic (exact) mass is 414 g/mol. The molecule has 1 saturated heterocycles. The van der Waals surface area contributed by atoms with E-state index in [-0.39, 0.29) is 18.4 Å². The van der Waals surface area contributed by atoms with Gasteiger partial charge in [0.1, 0.15) is 23.0 Å². The number of aromatic nitrogens is 4. The van der Waals surface area contributed by atoms with E-state index < -0.39 is 0 Å². The van der Waals surface area contributed by atoms with Crippen molar-refractivity contribution in [2.75, 3.05) is 11.4 Å². The van der Waals surface area contributed by atoms with Crippen molar-refractivity contribution in [2.24, 2.45) is 5.73 Å². The summed E-state index contributed by atoms with van der Waals surface area (Å²) in [7, 11) is 0. The molecule has 7 nitrogen and oxygen atoms in total. The fraction of sp³-hybridized carbons (Fsp3) is 0.263. The van der Waals surface area contributed by atoms with Crippen LogP contribution in [0.3, 0.4) is 0 Å². The summed E-state index contributed by atoms with van der Waals surface area (Å²) >= 11 is 1.62. The molecule has 5 rings (SSSR count). The van der Waals surface area contributed by atoms with Crippen LogP contribution in [0.25, 0.3) is 21.6 Å². The molecule has 0 aliphatic carbocycles. The second kappa shape index (κ2) is 7.83. The molecule has 4 heterocycles. The highest BCUT2D eigenvalue weighted by molar-refractivity contribution is 7.16. The number of nitrogens with two attached hydrogens (primary N) is 1. The predicted octanol–water partition coefficient (Wildman–Crippen LogP) is 3.96. The van der Waals surface area contributed by atoms with Gasteiger partial charge < -0.3 is 15.2 Å². The second-order valence-electron chi connectivity index (χ2n) is 6.55. The maximum Gasteiger partial charge on any atom is 0.249 e. The fourth-order valence-electron chi connectivity index (χ4n) is 3.56. The molecule has 1 aliphatic rings. The number of rotatable bonds is 4. The molecule has 144 valence electrons. The molecule has 28 heavy (non-hydrogen) atoms. The molecule has 9 heteroatoms. The van der Waals surface area contributed by atoms with Gasteiger partial charge in [0.25, 0.3) is 0 Å². The first kappa shape index (κ1) is 18.8.